The number of piperazine rings is 1. The lowest BCUT2D eigenvalue weighted by Gasteiger charge is -2.32. The van der Waals surface area contributed by atoms with Gasteiger partial charge >= 0.3 is 0 Å². The molecule has 1 aliphatic rings. The minimum absolute atomic E-state index is 0.276. The van der Waals surface area contributed by atoms with Crippen molar-refractivity contribution < 1.29 is 13.2 Å². The quantitative estimate of drug-likeness (QED) is 0.652. The van der Waals surface area contributed by atoms with E-state index in [2.05, 4.69) is 22.2 Å². The first-order valence-electron chi connectivity index (χ1n) is 9.85. The maximum Gasteiger partial charge on any atom is 0.243 e. The van der Waals surface area contributed by atoms with Crippen molar-refractivity contribution in [3.8, 4) is 0 Å². The van der Waals surface area contributed by atoms with Crippen molar-refractivity contribution in [3.05, 3.63) is 29.3 Å². The van der Waals surface area contributed by atoms with Gasteiger partial charge in [0, 0.05) is 32.7 Å². The molecule has 158 valence electrons. The van der Waals surface area contributed by atoms with Crippen molar-refractivity contribution in [2.75, 3.05) is 56.9 Å². The Morgan fingerprint density at radius 1 is 1.18 bits per heavy atom. The number of amides is 1. The fraction of sp³-hybridized carbons (Fsp3) is 0.650. The van der Waals surface area contributed by atoms with Gasteiger partial charge in [0.2, 0.25) is 15.9 Å². The Hall–Kier alpha value is -1.64. The van der Waals surface area contributed by atoms with Gasteiger partial charge in [0.1, 0.15) is 6.04 Å². The Kier molecular flexibility index (Phi) is 7.86. The summed E-state index contributed by atoms with van der Waals surface area (Å²) in [6.45, 7) is 11.3. The molecule has 1 aromatic rings. The number of aryl methyl sites for hydroxylation is 2. The van der Waals surface area contributed by atoms with E-state index in [0.717, 1.165) is 56.5 Å². The maximum absolute atomic E-state index is 12.6. The van der Waals surface area contributed by atoms with Gasteiger partial charge in [-0.3, -0.25) is 9.10 Å². The van der Waals surface area contributed by atoms with Crippen LogP contribution in [0.3, 0.4) is 0 Å². The summed E-state index contributed by atoms with van der Waals surface area (Å²) in [6.07, 6.45) is 1.99. The fourth-order valence-corrected chi connectivity index (χ4v) is 4.57. The van der Waals surface area contributed by atoms with E-state index in [1.165, 1.54) is 4.31 Å². The zero-order chi connectivity index (χ0) is 20.9. The van der Waals surface area contributed by atoms with Crippen LogP contribution >= 0.6 is 0 Å². The number of nitrogens with zero attached hydrogens (tertiary/aromatic N) is 3. The highest BCUT2D eigenvalue weighted by atomic mass is 32.2. The third-order valence-corrected chi connectivity index (χ3v) is 6.62. The average Bonchev–Trinajstić information content (AvgIpc) is 2.62. The van der Waals surface area contributed by atoms with Crippen molar-refractivity contribution >= 4 is 21.6 Å². The highest BCUT2D eigenvalue weighted by Crippen LogP contribution is 2.23. The molecule has 0 radical (unpaired) electrons. The summed E-state index contributed by atoms with van der Waals surface area (Å²) in [5, 5.41) is 2.90. The lowest BCUT2D eigenvalue weighted by Crippen LogP contribution is -2.48. The van der Waals surface area contributed by atoms with Gasteiger partial charge in [-0.1, -0.05) is 6.07 Å². The second-order valence-corrected chi connectivity index (χ2v) is 9.65. The Balaban J connectivity index is 1.93. The number of carbonyl (C=O) groups is 1. The van der Waals surface area contributed by atoms with Gasteiger partial charge in [-0.2, -0.15) is 0 Å². The molecule has 28 heavy (non-hydrogen) atoms. The Morgan fingerprint density at radius 2 is 1.82 bits per heavy atom. The maximum atomic E-state index is 12.6. The van der Waals surface area contributed by atoms with Crippen molar-refractivity contribution in [2.45, 2.75) is 33.2 Å². The predicted molar refractivity (Wildman–Crippen MR) is 114 cm³/mol. The average molecular weight is 411 g/mol. The number of anilines is 1. The first kappa shape index (κ1) is 22.6. The summed E-state index contributed by atoms with van der Waals surface area (Å²) in [4.78, 5) is 17.3. The van der Waals surface area contributed by atoms with Crippen molar-refractivity contribution in [2.24, 2.45) is 0 Å². The van der Waals surface area contributed by atoms with E-state index in [1.807, 2.05) is 26.0 Å². The van der Waals surface area contributed by atoms with Crippen LogP contribution in [-0.2, 0) is 14.8 Å². The molecule has 8 heteroatoms. The van der Waals surface area contributed by atoms with Gasteiger partial charge < -0.3 is 15.1 Å². The summed E-state index contributed by atoms with van der Waals surface area (Å²) in [5.74, 6) is -0.276. The van der Waals surface area contributed by atoms with Gasteiger partial charge in [0.05, 0.1) is 11.9 Å². The van der Waals surface area contributed by atoms with Crippen LogP contribution in [0.25, 0.3) is 0 Å². The molecule has 7 nitrogen and oxygen atoms in total. The van der Waals surface area contributed by atoms with Crippen LogP contribution in [0.1, 0.15) is 24.5 Å². The van der Waals surface area contributed by atoms with Gasteiger partial charge in [-0.05, 0) is 64.0 Å². The molecule has 1 N–H and O–H groups in total. The zero-order valence-corrected chi connectivity index (χ0v) is 18.6. The number of benzene rings is 1. The summed E-state index contributed by atoms with van der Waals surface area (Å²) in [7, 11) is -1.46. The fourth-order valence-electron chi connectivity index (χ4n) is 3.40. The third-order valence-electron chi connectivity index (χ3n) is 5.38. The first-order valence-corrected chi connectivity index (χ1v) is 11.7. The molecular formula is C20H34N4O3S. The molecule has 1 amide bonds. The molecule has 1 unspecified atom stereocenters. The highest BCUT2D eigenvalue weighted by molar-refractivity contribution is 7.92. The molecule has 1 fully saturated rings. The van der Waals surface area contributed by atoms with E-state index < -0.39 is 16.1 Å². The largest absolute Gasteiger partial charge is 0.354 e. The van der Waals surface area contributed by atoms with E-state index in [4.69, 9.17) is 0 Å². The molecule has 0 aromatic heterocycles. The molecular weight excluding hydrogens is 376 g/mol. The van der Waals surface area contributed by atoms with Crippen LogP contribution in [0.2, 0.25) is 0 Å². The van der Waals surface area contributed by atoms with E-state index in [-0.39, 0.29) is 5.91 Å². The summed E-state index contributed by atoms with van der Waals surface area (Å²) < 4.78 is 25.9. The molecule has 0 saturated carbocycles. The molecule has 0 aliphatic carbocycles. The lowest BCUT2D eigenvalue weighted by atomic mass is 10.1. The Labute approximate surface area is 169 Å². The molecule has 1 aromatic carbocycles. The number of hydrogen-bond acceptors (Lipinski definition) is 5. The van der Waals surface area contributed by atoms with E-state index >= 15 is 0 Å². The minimum Gasteiger partial charge on any atom is -0.354 e. The van der Waals surface area contributed by atoms with Crippen LogP contribution in [0.15, 0.2) is 18.2 Å². The van der Waals surface area contributed by atoms with Gasteiger partial charge in [0.15, 0.2) is 0 Å². The van der Waals surface area contributed by atoms with Crippen LogP contribution < -0.4 is 9.62 Å². The molecule has 1 heterocycles. The first-order chi connectivity index (χ1) is 13.1. The van der Waals surface area contributed by atoms with Crippen molar-refractivity contribution in [1.82, 2.24) is 15.1 Å². The molecule has 2 rings (SSSR count). The molecule has 1 atom stereocenters. The van der Waals surface area contributed by atoms with Crippen LogP contribution in [0.5, 0.6) is 0 Å². The van der Waals surface area contributed by atoms with E-state index in [1.54, 1.807) is 13.0 Å². The Bertz CT molecular complexity index is 774. The Morgan fingerprint density at radius 3 is 2.39 bits per heavy atom. The normalized spacial score (nSPS) is 17.3. The zero-order valence-electron chi connectivity index (χ0n) is 17.7. The standard InChI is InChI=1S/C20H34N4O3S/c1-16-7-8-19(15-17(16)2)24(28(5,26)27)18(3)20(25)21-9-6-10-23-13-11-22(4)12-14-23/h7-8,15,18H,6,9-14H2,1-5H3,(H,21,25). The van der Waals surface area contributed by atoms with Gasteiger partial charge in [0.25, 0.3) is 0 Å². The number of hydrogen-bond donors (Lipinski definition) is 1. The predicted octanol–water partition coefficient (Wildman–Crippen LogP) is 1.21. The number of nitrogens with one attached hydrogen (secondary N) is 1. The van der Waals surface area contributed by atoms with Crippen LogP contribution in [0.4, 0.5) is 5.69 Å². The van der Waals surface area contributed by atoms with Gasteiger partial charge in [-0.15, -0.1) is 0 Å². The van der Waals surface area contributed by atoms with E-state index in [0.29, 0.717) is 12.2 Å². The minimum atomic E-state index is -3.59. The highest BCUT2D eigenvalue weighted by Gasteiger charge is 2.29. The van der Waals surface area contributed by atoms with E-state index in [9.17, 15) is 13.2 Å². The van der Waals surface area contributed by atoms with Crippen molar-refractivity contribution in [3.63, 3.8) is 0 Å². The molecule has 0 bridgehead atoms. The summed E-state index contributed by atoms with van der Waals surface area (Å²) in [6, 6.07) is 4.64. The summed E-state index contributed by atoms with van der Waals surface area (Å²) >= 11 is 0. The number of likely N-dealkylation sites (N-methyl/N-ethyl adjacent to an activating group) is 1. The number of sulfonamides is 1. The second kappa shape index (κ2) is 9.71. The lowest BCUT2D eigenvalue weighted by molar-refractivity contribution is -0.121. The van der Waals surface area contributed by atoms with Crippen LogP contribution in [0, 0.1) is 13.8 Å². The van der Waals surface area contributed by atoms with Crippen molar-refractivity contribution in [1.29, 1.82) is 0 Å². The molecule has 0 spiro atoms. The molecule has 1 saturated heterocycles. The second-order valence-electron chi connectivity index (χ2n) is 7.79. The van der Waals surface area contributed by atoms with Gasteiger partial charge in [-0.25, -0.2) is 8.42 Å². The molecule has 1 aliphatic heterocycles. The monoisotopic (exact) mass is 410 g/mol. The number of rotatable bonds is 8. The summed E-state index contributed by atoms with van der Waals surface area (Å²) in [5.41, 5.74) is 2.59. The third kappa shape index (κ3) is 6.18. The number of carbonyl (C=O) groups excluding carboxylic acids is 1. The smallest absolute Gasteiger partial charge is 0.243 e. The van der Waals surface area contributed by atoms with Crippen LogP contribution in [-0.4, -0.2) is 82.7 Å². The SMILES string of the molecule is Cc1ccc(N(C(C)C(=O)NCCCN2CCN(C)CC2)S(C)(=O)=O)cc1C. The topological polar surface area (TPSA) is 73.0 Å².